The van der Waals surface area contributed by atoms with E-state index in [1.807, 2.05) is 0 Å². The third-order valence-corrected chi connectivity index (χ3v) is 3.44. The van der Waals surface area contributed by atoms with Crippen LogP contribution in [0.15, 0.2) is 24.3 Å². The third-order valence-electron chi connectivity index (χ3n) is 3.44. The average molecular weight is 241 g/mol. The average Bonchev–Trinajstić information content (AvgIpc) is 2.30. The molecule has 1 aliphatic heterocycles. The van der Waals surface area contributed by atoms with Gasteiger partial charge in [-0.15, -0.1) is 12.4 Å². The molecule has 3 heteroatoms. The van der Waals surface area contributed by atoms with Crippen LogP contribution in [0.25, 0.3) is 0 Å². The first-order chi connectivity index (χ1) is 7.29. The molecule has 2 nitrogen and oxygen atoms in total. The number of benzene rings is 1. The van der Waals surface area contributed by atoms with Gasteiger partial charge in [-0.25, -0.2) is 0 Å². The first kappa shape index (κ1) is 13.5. The van der Waals surface area contributed by atoms with Gasteiger partial charge in [0.05, 0.1) is 0 Å². The van der Waals surface area contributed by atoms with E-state index in [1.54, 1.807) is 0 Å². The molecule has 1 aromatic carbocycles. The van der Waals surface area contributed by atoms with Gasteiger partial charge in [0.2, 0.25) is 0 Å². The fourth-order valence-corrected chi connectivity index (χ4v) is 2.42. The standard InChI is InChI=1S/C13H20N2.ClH/c1-10-4-2-3-5-12(10)13(14)11-6-8-15-9-7-11;/h2-5,11,13,15H,6-9,14H2,1H3;1H/t13-;/m1./s1. The highest BCUT2D eigenvalue weighted by Crippen LogP contribution is 2.28. The molecule has 1 aromatic rings. The van der Waals surface area contributed by atoms with E-state index in [2.05, 4.69) is 36.5 Å². The summed E-state index contributed by atoms with van der Waals surface area (Å²) in [5, 5.41) is 3.38. The van der Waals surface area contributed by atoms with Gasteiger partial charge in [0.1, 0.15) is 0 Å². The molecule has 0 bridgehead atoms. The summed E-state index contributed by atoms with van der Waals surface area (Å²) in [6.07, 6.45) is 2.41. The van der Waals surface area contributed by atoms with E-state index in [1.165, 1.54) is 24.0 Å². The Labute approximate surface area is 104 Å². The van der Waals surface area contributed by atoms with E-state index < -0.39 is 0 Å². The van der Waals surface area contributed by atoms with Crippen LogP contribution in [0.2, 0.25) is 0 Å². The van der Waals surface area contributed by atoms with Crippen molar-refractivity contribution >= 4 is 12.4 Å². The smallest absolute Gasteiger partial charge is 0.0327 e. The van der Waals surface area contributed by atoms with Crippen LogP contribution in [0.1, 0.15) is 30.0 Å². The molecule has 0 unspecified atom stereocenters. The van der Waals surface area contributed by atoms with Crippen LogP contribution in [0.4, 0.5) is 0 Å². The lowest BCUT2D eigenvalue weighted by Gasteiger charge is -2.29. The Bertz CT molecular complexity index is 321. The minimum Gasteiger partial charge on any atom is -0.324 e. The monoisotopic (exact) mass is 240 g/mol. The van der Waals surface area contributed by atoms with Crippen LogP contribution < -0.4 is 11.1 Å². The molecular formula is C13H21ClN2. The van der Waals surface area contributed by atoms with Crippen molar-refractivity contribution in [3.63, 3.8) is 0 Å². The Kier molecular flexibility index (Phi) is 5.26. The minimum atomic E-state index is 0. The maximum Gasteiger partial charge on any atom is 0.0327 e. The van der Waals surface area contributed by atoms with Crippen molar-refractivity contribution in [3.05, 3.63) is 35.4 Å². The van der Waals surface area contributed by atoms with E-state index in [-0.39, 0.29) is 18.4 Å². The maximum absolute atomic E-state index is 6.34. The second-order valence-corrected chi connectivity index (χ2v) is 4.47. The van der Waals surface area contributed by atoms with E-state index in [9.17, 15) is 0 Å². The van der Waals surface area contributed by atoms with Gasteiger partial charge in [-0.1, -0.05) is 24.3 Å². The Morgan fingerprint density at radius 2 is 1.88 bits per heavy atom. The highest BCUT2D eigenvalue weighted by Gasteiger charge is 2.22. The zero-order chi connectivity index (χ0) is 10.7. The number of aryl methyl sites for hydroxylation is 1. The summed E-state index contributed by atoms with van der Waals surface area (Å²) >= 11 is 0. The molecular weight excluding hydrogens is 220 g/mol. The van der Waals surface area contributed by atoms with E-state index in [0.29, 0.717) is 5.92 Å². The summed E-state index contributed by atoms with van der Waals surface area (Å²) in [4.78, 5) is 0. The van der Waals surface area contributed by atoms with Crippen LogP contribution in [0.3, 0.4) is 0 Å². The zero-order valence-electron chi connectivity index (χ0n) is 9.78. The lowest BCUT2D eigenvalue weighted by molar-refractivity contribution is 0.321. The third kappa shape index (κ3) is 2.97. The molecule has 0 aromatic heterocycles. The summed E-state index contributed by atoms with van der Waals surface area (Å²) in [5.74, 6) is 0.646. The normalized spacial score (nSPS) is 18.9. The zero-order valence-corrected chi connectivity index (χ0v) is 10.6. The van der Waals surface area contributed by atoms with Crippen molar-refractivity contribution < 1.29 is 0 Å². The molecule has 1 atom stereocenters. The topological polar surface area (TPSA) is 38.0 Å². The summed E-state index contributed by atoms with van der Waals surface area (Å²) < 4.78 is 0. The number of nitrogens with two attached hydrogens (primary N) is 1. The summed E-state index contributed by atoms with van der Waals surface area (Å²) in [6, 6.07) is 8.70. The van der Waals surface area contributed by atoms with Crippen LogP contribution in [-0.2, 0) is 0 Å². The molecule has 1 fully saturated rings. The van der Waals surface area contributed by atoms with Gasteiger partial charge in [-0.05, 0) is 49.9 Å². The Morgan fingerprint density at radius 3 is 2.50 bits per heavy atom. The lowest BCUT2D eigenvalue weighted by Crippen LogP contribution is -2.34. The fraction of sp³-hybridized carbons (Fsp3) is 0.538. The predicted octanol–water partition coefficient (Wildman–Crippen LogP) is 2.42. The summed E-state index contributed by atoms with van der Waals surface area (Å²) in [5.41, 5.74) is 8.99. The van der Waals surface area contributed by atoms with Crippen LogP contribution in [0, 0.1) is 12.8 Å². The van der Waals surface area contributed by atoms with Crippen molar-refractivity contribution in [1.82, 2.24) is 5.32 Å². The quantitative estimate of drug-likeness (QED) is 0.833. The number of halogens is 1. The molecule has 16 heavy (non-hydrogen) atoms. The molecule has 90 valence electrons. The van der Waals surface area contributed by atoms with Crippen molar-refractivity contribution in [2.45, 2.75) is 25.8 Å². The number of hydrogen-bond acceptors (Lipinski definition) is 2. The lowest BCUT2D eigenvalue weighted by atomic mass is 9.85. The van der Waals surface area contributed by atoms with Gasteiger partial charge >= 0.3 is 0 Å². The van der Waals surface area contributed by atoms with Gasteiger partial charge in [0.25, 0.3) is 0 Å². The Morgan fingerprint density at radius 1 is 1.25 bits per heavy atom. The summed E-state index contributed by atoms with van der Waals surface area (Å²) in [7, 11) is 0. The maximum atomic E-state index is 6.34. The number of nitrogens with one attached hydrogen (secondary N) is 1. The summed E-state index contributed by atoms with van der Waals surface area (Å²) in [6.45, 7) is 4.38. The number of piperidine rings is 1. The van der Waals surface area contributed by atoms with Crippen molar-refractivity contribution in [1.29, 1.82) is 0 Å². The van der Waals surface area contributed by atoms with Crippen molar-refractivity contribution in [3.8, 4) is 0 Å². The second kappa shape index (κ2) is 6.24. The van der Waals surface area contributed by atoms with Crippen molar-refractivity contribution in [2.24, 2.45) is 11.7 Å². The van der Waals surface area contributed by atoms with Gasteiger partial charge < -0.3 is 11.1 Å². The second-order valence-electron chi connectivity index (χ2n) is 4.47. The molecule has 1 heterocycles. The van der Waals surface area contributed by atoms with Crippen LogP contribution in [0.5, 0.6) is 0 Å². The molecule has 0 amide bonds. The van der Waals surface area contributed by atoms with Crippen LogP contribution >= 0.6 is 12.4 Å². The Hall–Kier alpha value is -0.570. The van der Waals surface area contributed by atoms with E-state index >= 15 is 0 Å². The van der Waals surface area contributed by atoms with Crippen molar-refractivity contribution in [2.75, 3.05) is 13.1 Å². The van der Waals surface area contributed by atoms with E-state index in [4.69, 9.17) is 5.73 Å². The molecule has 0 aliphatic carbocycles. The number of rotatable bonds is 2. The largest absolute Gasteiger partial charge is 0.324 e. The highest BCUT2D eigenvalue weighted by molar-refractivity contribution is 5.85. The van der Waals surface area contributed by atoms with Gasteiger partial charge in [-0.3, -0.25) is 0 Å². The molecule has 1 saturated heterocycles. The first-order valence-corrected chi connectivity index (χ1v) is 5.81. The molecule has 0 spiro atoms. The van der Waals surface area contributed by atoms with Gasteiger partial charge in [0, 0.05) is 6.04 Å². The fourth-order valence-electron chi connectivity index (χ4n) is 2.42. The van der Waals surface area contributed by atoms with Gasteiger partial charge in [0.15, 0.2) is 0 Å². The minimum absolute atomic E-state index is 0. The molecule has 0 radical (unpaired) electrons. The Balaban J connectivity index is 0.00000128. The predicted molar refractivity (Wildman–Crippen MR) is 70.9 cm³/mol. The highest BCUT2D eigenvalue weighted by atomic mass is 35.5. The molecule has 2 rings (SSSR count). The number of hydrogen-bond donors (Lipinski definition) is 2. The molecule has 1 aliphatic rings. The van der Waals surface area contributed by atoms with E-state index in [0.717, 1.165) is 13.1 Å². The molecule has 3 N–H and O–H groups in total. The SMILES string of the molecule is Cc1ccccc1[C@H](N)C1CCNCC1.Cl. The first-order valence-electron chi connectivity index (χ1n) is 5.81. The van der Waals surface area contributed by atoms with Gasteiger partial charge in [-0.2, -0.15) is 0 Å². The molecule has 0 saturated carbocycles. The van der Waals surface area contributed by atoms with Crippen LogP contribution in [-0.4, -0.2) is 13.1 Å².